The molecule has 1 aromatic rings. The summed E-state index contributed by atoms with van der Waals surface area (Å²) in [7, 11) is 0. The monoisotopic (exact) mass is 314 g/mol. The summed E-state index contributed by atoms with van der Waals surface area (Å²) in [5.41, 5.74) is 2.21. The molecule has 122 valence electrons. The van der Waals surface area contributed by atoms with Gasteiger partial charge in [-0.25, -0.2) is 0 Å². The van der Waals surface area contributed by atoms with Gasteiger partial charge in [-0.3, -0.25) is 14.4 Å². The van der Waals surface area contributed by atoms with Crippen LogP contribution in [0.25, 0.3) is 0 Å². The molecule has 0 saturated heterocycles. The molecule has 2 N–H and O–H groups in total. The Morgan fingerprint density at radius 2 is 1.91 bits per heavy atom. The molecule has 2 aliphatic rings. The van der Waals surface area contributed by atoms with Gasteiger partial charge in [0.05, 0.1) is 6.42 Å². The highest BCUT2D eigenvalue weighted by atomic mass is 16.2. The quantitative estimate of drug-likeness (QED) is 0.820. The first kappa shape index (κ1) is 15.7. The third-order valence-electron chi connectivity index (χ3n) is 4.60. The lowest BCUT2D eigenvalue weighted by molar-refractivity contribution is -0.122. The summed E-state index contributed by atoms with van der Waals surface area (Å²) in [5, 5.41) is 5.77. The minimum Gasteiger partial charge on any atom is -0.353 e. The third kappa shape index (κ3) is 3.97. The molecule has 5 heteroatoms. The van der Waals surface area contributed by atoms with Crippen molar-refractivity contribution in [3.05, 3.63) is 29.3 Å². The second-order valence-electron chi connectivity index (χ2n) is 6.42. The lowest BCUT2D eigenvalue weighted by Crippen LogP contribution is -2.36. The van der Waals surface area contributed by atoms with Crippen molar-refractivity contribution in [1.29, 1.82) is 0 Å². The molecule has 0 atom stereocenters. The number of ketones is 1. The molecule has 1 aliphatic heterocycles. The Labute approximate surface area is 135 Å². The molecule has 2 amide bonds. The Kier molecular flexibility index (Phi) is 4.74. The van der Waals surface area contributed by atoms with Gasteiger partial charge in [-0.2, -0.15) is 0 Å². The number of anilines is 1. The Hall–Kier alpha value is -2.17. The third-order valence-corrected chi connectivity index (χ3v) is 4.60. The van der Waals surface area contributed by atoms with Crippen LogP contribution in [0.4, 0.5) is 5.69 Å². The number of Topliss-reactive ketones (excluding diaryl/α,β-unsaturated/α-hetero) is 1. The zero-order valence-corrected chi connectivity index (χ0v) is 13.2. The first-order valence-electron chi connectivity index (χ1n) is 8.37. The molecule has 1 aliphatic carbocycles. The minimum absolute atomic E-state index is 0.0387. The molecule has 1 fully saturated rings. The van der Waals surface area contributed by atoms with Crippen molar-refractivity contribution in [2.24, 2.45) is 0 Å². The first-order valence-corrected chi connectivity index (χ1v) is 8.37. The van der Waals surface area contributed by atoms with Gasteiger partial charge in [0.15, 0.2) is 5.78 Å². The predicted octanol–water partition coefficient (Wildman–Crippen LogP) is 2.59. The highest BCUT2D eigenvalue weighted by Gasteiger charge is 2.20. The van der Waals surface area contributed by atoms with Gasteiger partial charge in [0.1, 0.15) is 0 Å². The molecular weight excluding hydrogens is 292 g/mol. The summed E-state index contributed by atoms with van der Waals surface area (Å²) < 4.78 is 0. The van der Waals surface area contributed by atoms with Gasteiger partial charge >= 0.3 is 0 Å². The van der Waals surface area contributed by atoms with E-state index in [-0.39, 0.29) is 36.5 Å². The summed E-state index contributed by atoms with van der Waals surface area (Å²) in [6.07, 6.45) is 6.44. The van der Waals surface area contributed by atoms with Gasteiger partial charge in [-0.15, -0.1) is 0 Å². The van der Waals surface area contributed by atoms with E-state index in [4.69, 9.17) is 0 Å². The largest absolute Gasteiger partial charge is 0.353 e. The number of hydrogen-bond acceptors (Lipinski definition) is 3. The van der Waals surface area contributed by atoms with Crippen molar-refractivity contribution >= 4 is 23.3 Å². The Bertz CT molecular complexity index is 633. The van der Waals surface area contributed by atoms with Crippen molar-refractivity contribution < 1.29 is 14.4 Å². The van der Waals surface area contributed by atoms with Crippen LogP contribution in [0, 0.1) is 0 Å². The molecule has 23 heavy (non-hydrogen) atoms. The molecule has 1 aromatic carbocycles. The first-order chi connectivity index (χ1) is 11.1. The number of carbonyl (C=O) groups excluding carboxylic acids is 3. The topological polar surface area (TPSA) is 75.3 Å². The number of benzene rings is 1. The Balaban J connectivity index is 1.50. The summed E-state index contributed by atoms with van der Waals surface area (Å²) in [5.74, 6) is -0.134. The van der Waals surface area contributed by atoms with E-state index >= 15 is 0 Å². The number of rotatable bonds is 5. The number of amides is 2. The molecule has 0 bridgehead atoms. The highest BCUT2D eigenvalue weighted by Crippen LogP contribution is 2.24. The smallest absolute Gasteiger partial charge is 0.228 e. The van der Waals surface area contributed by atoms with E-state index in [2.05, 4.69) is 10.6 Å². The maximum atomic E-state index is 12.2. The standard InChI is InChI=1S/C18H22N2O3/c21-16(8-9-17(22)19-14-4-2-1-3-5-14)12-6-7-15-13(10-12)11-18(23)20-15/h6-7,10,14H,1-5,8-9,11H2,(H,19,22)(H,20,23). The zero-order valence-electron chi connectivity index (χ0n) is 13.2. The molecule has 5 nitrogen and oxygen atoms in total. The number of nitrogens with one attached hydrogen (secondary N) is 2. The van der Waals surface area contributed by atoms with Gasteiger partial charge in [-0.1, -0.05) is 19.3 Å². The molecule has 0 aromatic heterocycles. The Morgan fingerprint density at radius 3 is 2.70 bits per heavy atom. The lowest BCUT2D eigenvalue weighted by atomic mass is 9.95. The van der Waals surface area contributed by atoms with Crippen LogP contribution in [-0.4, -0.2) is 23.6 Å². The summed E-state index contributed by atoms with van der Waals surface area (Å²) in [6, 6.07) is 5.51. The van der Waals surface area contributed by atoms with Crippen molar-refractivity contribution in [2.75, 3.05) is 5.32 Å². The second kappa shape index (κ2) is 6.94. The van der Waals surface area contributed by atoms with E-state index in [0.717, 1.165) is 24.1 Å². The zero-order chi connectivity index (χ0) is 16.2. The summed E-state index contributed by atoms with van der Waals surface area (Å²) in [6.45, 7) is 0. The van der Waals surface area contributed by atoms with Crippen LogP contribution in [-0.2, 0) is 16.0 Å². The van der Waals surface area contributed by atoms with Crippen molar-refractivity contribution in [3.63, 3.8) is 0 Å². The SMILES string of the molecule is O=C1Cc2cc(C(=O)CCC(=O)NC3CCCCC3)ccc2N1. The van der Waals surface area contributed by atoms with Gasteiger partial charge in [0.2, 0.25) is 11.8 Å². The second-order valence-corrected chi connectivity index (χ2v) is 6.42. The van der Waals surface area contributed by atoms with Crippen LogP contribution in [0.15, 0.2) is 18.2 Å². The van der Waals surface area contributed by atoms with E-state index in [0.29, 0.717) is 12.0 Å². The van der Waals surface area contributed by atoms with Crippen LogP contribution in [0.1, 0.15) is 60.9 Å². The number of hydrogen-bond donors (Lipinski definition) is 2. The Morgan fingerprint density at radius 1 is 1.13 bits per heavy atom. The van der Waals surface area contributed by atoms with E-state index in [9.17, 15) is 14.4 Å². The molecule has 1 saturated carbocycles. The minimum atomic E-state index is -0.0501. The van der Waals surface area contributed by atoms with E-state index in [1.54, 1.807) is 18.2 Å². The van der Waals surface area contributed by atoms with Gasteiger partial charge in [0, 0.05) is 30.1 Å². The van der Waals surface area contributed by atoms with Crippen LogP contribution in [0.3, 0.4) is 0 Å². The van der Waals surface area contributed by atoms with Gasteiger partial charge < -0.3 is 10.6 Å². The molecule has 0 spiro atoms. The van der Waals surface area contributed by atoms with E-state index in [1.807, 2.05) is 0 Å². The average Bonchev–Trinajstić information content (AvgIpc) is 2.92. The van der Waals surface area contributed by atoms with E-state index in [1.165, 1.54) is 19.3 Å². The van der Waals surface area contributed by atoms with Gasteiger partial charge in [-0.05, 0) is 36.6 Å². The van der Waals surface area contributed by atoms with Crippen LogP contribution in [0.2, 0.25) is 0 Å². The predicted molar refractivity (Wildman–Crippen MR) is 87.4 cm³/mol. The fourth-order valence-electron chi connectivity index (χ4n) is 3.32. The van der Waals surface area contributed by atoms with Gasteiger partial charge in [0.25, 0.3) is 0 Å². The van der Waals surface area contributed by atoms with Crippen LogP contribution >= 0.6 is 0 Å². The number of carbonyl (C=O) groups is 3. The summed E-state index contributed by atoms with van der Waals surface area (Å²) in [4.78, 5) is 35.5. The fourth-order valence-corrected chi connectivity index (χ4v) is 3.32. The summed E-state index contributed by atoms with van der Waals surface area (Å²) >= 11 is 0. The maximum Gasteiger partial charge on any atom is 0.228 e. The van der Waals surface area contributed by atoms with Crippen molar-refractivity contribution in [1.82, 2.24) is 5.32 Å². The normalized spacial score (nSPS) is 17.5. The molecular formula is C18H22N2O3. The molecule has 0 radical (unpaired) electrons. The lowest BCUT2D eigenvalue weighted by Gasteiger charge is -2.22. The molecule has 0 unspecified atom stereocenters. The maximum absolute atomic E-state index is 12.2. The van der Waals surface area contributed by atoms with Crippen LogP contribution < -0.4 is 10.6 Å². The van der Waals surface area contributed by atoms with Crippen LogP contribution in [0.5, 0.6) is 0 Å². The van der Waals surface area contributed by atoms with Crippen molar-refractivity contribution in [3.8, 4) is 0 Å². The number of fused-ring (bicyclic) bond motifs is 1. The van der Waals surface area contributed by atoms with Crippen molar-refractivity contribution in [2.45, 2.75) is 57.4 Å². The molecule has 3 rings (SSSR count). The average molecular weight is 314 g/mol. The molecule has 1 heterocycles. The fraction of sp³-hybridized carbons (Fsp3) is 0.500. The highest BCUT2D eigenvalue weighted by molar-refractivity contribution is 6.02. The van der Waals surface area contributed by atoms with E-state index < -0.39 is 0 Å².